The molecule has 0 saturated heterocycles. The van der Waals surface area contributed by atoms with Crippen LogP contribution in [0.3, 0.4) is 0 Å². The molecule has 0 unspecified atom stereocenters. The first-order chi connectivity index (χ1) is 11.1. The van der Waals surface area contributed by atoms with Crippen LogP contribution in [0, 0.1) is 0 Å². The monoisotopic (exact) mass is 338 g/mol. The molecule has 2 amide bonds. The molecule has 7 heteroatoms. The summed E-state index contributed by atoms with van der Waals surface area (Å²) in [5.41, 5.74) is 2.06. The highest BCUT2D eigenvalue weighted by atomic mass is 32.2. The number of thioether (sulfide) groups is 1. The lowest BCUT2D eigenvalue weighted by Crippen LogP contribution is -2.28. The highest BCUT2D eigenvalue weighted by Crippen LogP contribution is 2.27. The number of benzene rings is 2. The Balaban J connectivity index is 1.89. The molecule has 2 aromatic rings. The fraction of sp³-hybridized carbons (Fsp3) is 0.188. The zero-order chi connectivity index (χ0) is 16.7. The minimum absolute atomic E-state index is 0.0609. The van der Waals surface area contributed by atoms with Crippen LogP contribution >= 0.6 is 11.8 Å². The lowest BCUT2D eigenvalue weighted by molar-refractivity contribution is 0.251. The van der Waals surface area contributed by atoms with Crippen molar-refractivity contribution in [1.29, 1.82) is 0 Å². The van der Waals surface area contributed by atoms with Crippen LogP contribution in [0.4, 0.5) is 19.3 Å². The molecule has 2 aromatic carbocycles. The SMILES string of the molecule is O=C(NCc1cccc(CO)c1)Nc1cccc(SC(F)F)c1. The van der Waals surface area contributed by atoms with Gasteiger partial charge in [0, 0.05) is 17.1 Å². The molecule has 0 fully saturated rings. The number of aliphatic hydroxyl groups is 1. The molecule has 0 aromatic heterocycles. The molecule has 0 aliphatic rings. The van der Waals surface area contributed by atoms with Gasteiger partial charge in [-0.3, -0.25) is 0 Å². The third-order valence-electron chi connectivity index (χ3n) is 2.94. The molecule has 2 rings (SSSR count). The Hall–Kier alpha value is -2.12. The maximum atomic E-state index is 12.3. The summed E-state index contributed by atoms with van der Waals surface area (Å²) in [6.07, 6.45) is 0. The van der Waals surface area contributed by atoms with E-state index in [0.29, 0.717) is 28.9 Å². The number of rotatable bonds is 6. The largest absolute Gasteiger partial charge is 0.392 e. The number of halogens is 2. The van der Waals surface area contributed by atoms with E-state index >= 15 is 0 Å². The third-order valence-corrected chi connectivity index (χ3v) is 3.65. The van der Waals surface area contributed by atoms with Gasteiger partial charge in [-0.15, -0.1) is 0 Å². The molecular formula is C16H16F2N2O2S. The van der Waals surface area contributed by atoms with Gasteiger partial charge >= 0.3 is 6.03 Å². The maximum Gasteiger partial charge on any atom is 0.319 e. The molecule has 4 nitrogen and oxygen atoms in total. The lowest BCUT2D eigenvalue weighted by atomic mass is 10.1. The number of hydrogen-bond donors (Lipinski definition) is 3. The van der Waals surface area contributed by atoms with Crippen LogP contribution < -0.4 is 10.6 Å². The van der Waals surface area contributed by atoms with Gasteiger partial charge in [0.2, 0.25) is 0 Å². The van der Waals surface area contributed by atoms with Gasteiger partial charge in [0.15, 0.2) is 0 Å². The van der Waals surface area contributed by atoms with Gasteiger partial charge in [0.25, 0.3) is 5.76 Å². The van der Waals surface area contributed by atoms with Crippen molar-refractivity contribution in [1.82, 2.24) is 5.32 Å². The van der Waals surface area contributed by atoms with Gasteiger partial charge in [-0.05, 0) is 29.3 Å². The molecule has 0 heterocycles. The zero-order valence-corrected chi connectivity index (χ0v) is 12.9. The van der Waals surface area contributed by atoms with Crippen LogP contribution in [0.2, 0.25) is 0 Å². The van der Waals surface area contributed by atoms with Gasteiger partial charge in [0.1, 0.15) is 0 Å². The van der Waals surface area contributed by atoms with Crippen LogP contribution in [-0.2, 0) is 13.2 Å². The van der Waals surface area contributed by atoms with Gasteiger partial charge in [0.05, 0.1) is 6.61 Å². The summed E-state index contributed by atoms with van der Waals surface area (Å²) < 4.78 is 24.7. The number of nitrogens with one attached hydrogen (secondary N) is 2. The standard InChI is InChI=1S/C16H16F2N2O2S/c17-15(18)23-14-6-2-5-13(8-14)20-16(22)19-9-11-3-1-4-12(7-11)10-21/h1-8,15,21H,9-10H2,(H2,19,20,22). The van der Waals surface area contributed by atoms with Gasteiger partial charge in [-0.1, -0.05) is 42.1 Å². The van der Waals surface area contributed by atoms with Crippen molar-refractivity contribution < 1.29 is 18.7 Å². The summed E-state index contributed by atoms with van der Waals surface area (Å²) in [5, 5.41) is 14.3. The van der Waals surface area contributed by atoms with E-state index in [-0.39, 0.29) is 6.61 Å². The Labute approximate surface area is 136 Å². The number of aliphatic hydroxyl groups excluding tert-OH is 1. The minimum atomic E-state index is -2.50. The van der Waals surface area contributed by atoms with Crippen molar-refractivity contribution in [2.45, 2.75) is 23.8 Å². The molecule has 23 heavy (non-hydrogen) atoms. The molecule has 0 spiro atoms. The van der Waals surface area contributed by atoms with E-state index in [1.54, 1.807) is 36.4 Å². The Morgan fingerprint density at radius 3 is 2.61 bits per heavy atom. The molecule has 3 N–H and O–H groups in total. The molecular weight excluding hydrogens is 322 g/mol. The molecule has 0 saturated carbocycles. The number of carbonyl (C=O) groups is 1. The summed E-state index contributed by atoms with van der Waals surface area (Å²) in [6, 6.07) is 13.1. The summed E-state index contributed by atoms with van der Waals surface area (Å²) in [5.74, 6) is -2.50. The third kappa shape index (κ3) is 5.88. The quantitative estimate of drug-likeness (QED) is 0.702. The van der Waals surface area contributed by atoms with Crippen LogP contribution in [-0.4, -0.2) is 16.9 Å². The van der Waals surface area contributed by atoms with E-state index in [4.69, 9.17) is 5.11 Å². The highest BCUT2D eigenvalue weighted by Gasteiger charge is 2.07. The second kappa shape index (κ2) is 8.50. The minimum Gasteiger partial charge on any atom is -0.392 e. The fourth-order valence-corrected chi connectivity index (χ4v) is 2.50. The smallest absolute Gasteiger partial charge is 0.319 e. The highest BCUT2D eigenvalue weighted by molar-refractivity contribution is 7.99. The number of anilines is 1. The summed E-state index contributed by atoms with van der Waals surface area (Å²) in [6.45, 7) is 0.236. The van der Waals surface area contributed by atoms with Crippen molar-refractivity contribution in [3.05, 3.63) is 59.7 Å². The van der Waals surface area contributed by atoms with Gasteiger partial charge < -0.3 is 15.7 Å². The summed E-state index contributed by atoms with van der Waals surface area (Å²) in [4.78, 5) is 12.2. The van der Waals surface area contributed by atoms with E-state index in [1.807, 2.05) is 6.07 Å². The molecule has 0 aliphatic heterocycles. The van der Waals surface area contributed by atoms with Crippen molar-refractivity contribution in [3.63, 3.8) is 0 Å². The average Bonchev–Trinajstić information content (AvgIpc) is 2.53. The Morgan fingerprint density at radius 2 is 1.87 bits per heavy atom. The number of amides is 2. The van der Waals surface area contributed by atoms with E-state index in [2.05, 4.69) is 10.6 Å². The molecule has 0 atom stereocenters. The van der Waals surface area contributed by atoms with Gasteiger partial charge in [-0.2, -0.15) is 8.78 Å². The predicted octanol–water partition coefficient (Wildman–Crippen LogP) is 3.82. The molecule has 0 radical (unpaired) electrons. The Kier molecular flexibility index (Phi) is 6.37. The topological polar surface area (TPSA) is 61.4 Å². The number of carbonyl (C=O) groups excluding carboxylic acids is 1. The van der Waals surface area contributed by atoms with Crippen molar-refractivity contribution >= 4 is 23.5 Å². The molecule has 0 bridgehead atoms. The van der Waals surface area contributed by atoms with E-state index in [1.165, 1.54) is 6.07 Å². The second-order valence-electron chi connectivity index (χ2n) is 4.69. The first-order valence-electron chi connectivity index (χ1n) is 6.85. The first-order valence-corrected chi connectivity index (χ1v) is 7.73. The maximum absolute atomic E-state index is 12.3. The first kappa shape index (κ1) is 17.2. The van der Waals surface area contributed by atoms with Crippen molar-refractivity contribution in [2.75, 3.05) is 5.32 Å². The van der Waals surface area contributed by atoms with Crippen molar-refractivity contribution in [3.8, 4) is 0 Å². The summed E-state index contributed by atoms with van der Waals surface area (Å²) in [7, 11) is 0. The number of urea groups is 1. The second-order valence-corrected chi connectivity index (χ2v) is 5.76. The van der Waals surface area contributed by atoms with Gasteiger partial charge in [-0.25, -0.2) is 4.79 Å². The van der Waals surface area contributed by atoms with E-state index in [9.17, 15) is 13.6 Å². The fourth-order valence-electron chi connectivity index (χ4n) is 1.95. The number of alkyl halides is 2. The summed E-state index contributed by atoms with van der Waals surface area (Å²) >= 11 is 0.425. The molecule has 122 valence electrons. The van der Waals surface area contributed by atoms with Crippen molar-refractivity contribution in [2.24, 2.45) is 0 Å². The van der Waals surface area contributed by atoms with E-state index < -0.39 is 11.8 Å². The normalized spacial score (nSPS) is 10.6. The number of hydrogen-bond acceptors (Lipinski definition) is 3. The zero-order valence-electron chi connectivity index (χ0n) is 12.1. The van der Waals surface area contributed by atoms with Crippen LogP contribution in [0.1, 0.15) is 11.1 Å². The average molecular weight is 338 g/mol. The lowest BCUT2D eigenvalue weighted by Gasteiger charge is -2.09. The Morgan fingerprint density at radius 1 is 1.13 bits per heavy atom. The Bertz CT molecular complexity index is 668. The van der Waals surface area contributed by atoms with E-state index in [0.717, 1.165) is 11.1 Å². The van der Waals surface area contributed by atoms with Crippen LogP contribution in [0.25, 0.3) is 0 Å². The van der Waals surface area contributed by atoms with Crippen LogP contribution in [0.5, 0.6) is 0 Å². The predicted molar refractivity (Wildman–Crippen MR) is 86.5 cm³/mol. The van der Waals surface area contributed by atoms with Crippen LogP contribution in [0.15, 0.2) is 53.4 Å². The molecule has 0 aliphatic carbocycles.